The number of amides is 1. The minimum absolute atomic E-state index is 0.146. The molecule has 0 aliphatic carbocycles. The Bertz CT molecular complexity index is 521. The molecule has 0 atom stereocenters. The Morgan fingerprint density at radius 3 is 2.12 bits per heavy atom. The summed E-state index contributed by atoms with van der Waals surface area (Å²) in [6.07, 6.45) is 0. The molecule has 0 aliphatic rings. The molecule has 3 N–H and O–H groups in total. The van der Waals surface area contributed by atoms with Gasteiger partial charge in [0.25, 0.3) is 5.91 Å². The summed E-state index contributed by atoms with van der Waals surface area (Å²) < 4.78 is 1.76. The van der Waals surface area contributed by atoms with Crippen LogP contribution in [0, 0.1) is 13.8 Å². The van der Waals surface area contributed by atoms with Gasteiger partial charge in [-0.3, -0.25) is 14.9 Å². The number of benzene rings is 1. The lowest BCUT2D eigenvalue weighted by atomic mass is 10.2. The highest BCUT2D eigenvalue weighted by Gasteiger charge is 2.07. The van der Waals surface area contributed by atoms with Crippen LogP contribution < -0.4 is 11.2 Å². The summed E-state index contributed by atoms with van der Waals surface area (Å²) in [5.74, 6) is -0.146. The first-order valence-corrected chi connectivity index (χ1v) is 5.40. The second kappa shape index (κ2) is 4.33. The first kappa shape index (κ1) is 11.3. The van der Waals surface area contributed by atoms with Crippen molar-refractivity contribution in [2.75, 3.05) is 11.2 Å². The fourth-order valence-corrected chi connectivity index (χ4v) is 1.65. The van der Waals surface area contributed by atoms with Crippen LogP contribution in [0.4, 0.5) is 5.69 Å². The van der Waals surface area contributed by atoms with Gasteiger partial charge in [-0.25, -0.2) is 0 Å². The Kier molecular flexibility index (Phi) is 2.87. The lowest BCUT2D eigenvalue weighted by molar-refractivity contribution is 0.101. The predicted molar refractivity (Wildman–Crippen MR) is 68.5 cm³/mol. The van der Waals surface area contributed by atoms with Crippen LogP contribution in [0.5, 0.6) is 0 Å². The molecule has 1 amide bonds. The Labute approximate surface area is 100 Å². The molecule has 4 nitrogen and oxygen atoms in total. The molecule has 88 valence electrons. The Morgan fingerprint density at radius 2 is 1.59 bits per heavy atom. The number of nitrogens with zero attached hydrogens (tertiary/aromatic N) is 1. The van der Waals surface area contributed by atoms with E-state index in [0.29, 0.717) is 11.3 Å². The van der Waals surface area contributed by atoms with Crippen molar-refractivity contribution in [3.63, 3.8) is 0 Å². The van der Waals surface area contributed by atoms with Crippen LogP contribution in [-0.4, -0.2) is 10.6 Å². The van der Waals surface area contributed by atoms with Crippen molar-refractivity contribution >= 4 is 11.6 Å². The molecule has 0 saturated heterocycles. The number of nitrogens with one attached hydrogen (secondary N) is 1. The van der Waals surface area contributed by atoms with Crippen molar-refractivity contribution in [1.29, 1.82) is 0 Å². The molecular formula is C13H15N3O. The van der Waals surface area contributed by atoms with Gasteiger partial charge in [-0.2, -0.15) is 0 Å². The first-order chi connectivity index (χ1) is 8.08. The van der Waals surface area contributed by atoms with Crippen LogP contribution in [0.25, 0.3) is 0 Å². The molecule has 4 heteroatoms. The molecule has 0 aliphatic heterocycles. The normalized spacial score (nSPS) is 10.2. The number of aromatic nitrogens is 1. The van der Waals surface area contributed by atoms with Crippen molar-refractivity contribution in [3.8, 4) is 0 Å². The van der Waals surface area contributed by atoms with Crippen molar-refractivity contribution in [2.24, 2.45) is 0 Å². The zero-order valence-electron chi connectivity index (χ0n) is 9.90. The molecule has 1 heterocycles. The maximum absolute atomic E-state index is 12.0. The molecule has 2 rings (SSSR count). The molecule has 2 aromatic rings. The fraction of sp³-hybridized carbons (Fsp3) is 0.154. The van der Waals surface area contributed by atoms with Gasteiger partial charge in [-0.1, -0.05) is 0 Å². The van der Waals surface area contributed by atoms with Gasteiger partial charge in [0.15, 0.2) is 0 Å². The summed E-state index contributed by atoms with van der Waals surface area (Å²) in [6, 6.07) is 10.8. The van der Waals surface area contributed by atoms with Crippen molar-refractivity contribution < 1.29 is 4.79 Å². The number of nitrogen functional groups attached to an aromatic ring is 1. The van der Waals surface area contributed by atoms with E-state index < -0.39 is 0 Å². The van der Waals surface area contributed by atoms with Gasteiger partial charge >= 0.3 is 0 Å². The fourth-order valence-electron chi connectivity index (χ4n) is 1.65. The molecule has 0 saturated carbocycles. The van der Waals surface area contributed by atoms with Gasteiger partial charge in [0, 0.05) is 22.6 Å². The van der Waals surface area contributed by atoms with E-state index in [1.54, 1.807) is 28.9 Å². The highest BCUT2D eigenvalue weighted by molar-refractivity contribution is 6.00. The summed E-state index contributed by atoms with van der Waals surface area (Å²) in [5, 5.41) is 0. The van der Waals surface area contributed by atoms with Crippen molar-refractivity contribution in [3.05, 3.63) is 53.3 Å². The number of hydrogen-bond donors (Lipinski definition) is 2. The van der Waals surface area contributed by atoms with E-state index in [1.165, 1.54) is 0 Å². The Hall–Kier alpha value is -2.23. The van der Waals surface area contributed by atoms with Crippen molar-refractivity contribution in [1.82, 2.24) is 4.68 Å². The van der Waals surface area contributed by atoms with Gasteiger partial charge in [0.05, 0.1) is 0 Å². The van der Waals surface area contributed by atoms with Crippen LogP contribution in [0.2, 0.25) is 0 Å². The lowest BCUT2D eigenvalue weighted by Crippen LogP contribution is -2.24. The van der Waals surface area contributed by atoms with E-state index in [2.05, 4.69) is 5.43 Å². The smallest absolute Gasteiger partial charge is 0.270 e. The maximum atomic E-state index is 12.0. The van der Waals surface area contributed by atoms with Crippen molar-refractivity contribution in [2.45, 2.75) is 13.8 Å². The second-order valence-corrected chi connectivity index (χ2v) is 4.01. The van der Waals surface area contributed by atoms with Crippen LogP contribution in [0.1, 0.15) is 21.7 Å². The summed E-state index contributed by atoms with van der Waals surface area (Å²) >= 11 is 0. The molecule has 0 radical (unpaired) electrons. The monoisotopic (exact) mass is 229 g/mol. The van der Waals surface area contributed by atoms with E-state index in [1.807, 2.05) is 26.0 Å². The summed E-state index contributed by atoms with van der Waals surface area (Å²) in [5.41, 5.74) is 11.6. The SMILES string of the molecule is Cc1ccc(C)n1NC(=O)c1ccc(N)cc1. The summed E-state index contributed by atoms with van der Waals surface area (Å²) in [6.45, 7) is 3.88. The Morgan fingerprint density at radius 1 is 1.06 bits per heavy atom. The average Bonchev–Trinajstić information content (AvgIpc) is 2.61. The number of anilines is 1. The molecular weight excluding hydrogens is 214 g/mol. The number of hydrogen-bond acceptors (Lipinski definition) is 2. The zero-order valence-corrected chi connectivity index (χ0v) is 9.90. The molecule has 1 aromatic carbocycles. The number of aryl methyl sites for hydroxylation is 2. The third-order valence-electron chi connectivity index (χ3n) is 2.66. The van der Waals surface area contributed by atoms with E-state index >= 15 is 0 Å². The molecule has 0 unspecified atom stereocenters. The number of carbonyl (C=O) groups excluding carboxylic acids is 1. The third-order valence-corrected chi connectivity index (χ3v) is 2.66. The van der Waals surface area contributed by atoms with E-state index in [-0.39, 0.29) is 5.91 Å². The number of nitrogens with two attached hydrogens (primary N) is 1. The maximum Gasteiger partial charge on any atom is 0.270 e. The topological polar surface area (TPSA) is 60.0 Å². The lowest BCUT2D eigenvalue weighted by Gasteiger charge is -2.11. The Balaban J connectivity index is 2.20. The average molecular weight is 229 g/mol. The highest BCUT2D eigenvalue weighted by atomic mass is 16.2. The number of carbonyl (C=O) groups is 1. The van der Waals surface area contributed by atoms with Crippen LogP contribution in [0.3, 0.4) is 0 Å². The first-order valence-electron chi connectivity index (χ1n) is 5.40. The van der Waals surface area contributed by atoms with Crippen LogP contribution >= 0.6 is 0 Å². The summed E-state index contributed by atoms with van der Waals surface area (Å²) in [4.78, 5) is 12.0. The van der Waals surface area contributed by atoms with E-state index in [0.717, 1.165) is 11.4 Å². The molecule has 17 heavy (non-hydrogen) atoms. The zero-order chi connectivity index (χ0) is 12.4. The van der Waals surface area contributed by atoms with Crippen LogP contribution in [0.15, 0.2) is 36.4 Å². The van der Waals surface area contributed by atoms with E-state index in [9.17, 15) is 4.79 Å². The van der Waals surface area contributed by atoms with Gasteiger partial charge < -0.3 is 5.73 Å². The standard InChI is InChI=1S/C13H15N3O/c1-9-3-4-10(2)16(9)15-13(17)11-5-7-12(14)8-6-11/h3-8H,14H2,1-2H3,(H,15,17). The third kappa shape index (κ3) is 2.30. The molecule has 0 spiro atoms. The van der Waals surface area contributed by atoms with Crippen LogP contribution in [-0.2, 0) is 0 Å². The quantitative estimate of drug-likeness (QED) is 0.774. The molecule has 1 aromatic heterocycles. The molecule has 0 fully saturated rings. The predicted octanol–water partition coefficient (Wildman–Crippen LogP) is 2.07. The van der Waals surface area contributed by atoms with Gasteiger partial charge in [-0.05, 0) is 50.2 Å². The van der Waals surface area contributed by atoms with Gasteiger partial charge in [-0.15, -0.1) is 0 Å². The largest absolute Gasteiger partial charge is 0.399 e. The second-order valence-electron chi connectivity index (χ2n) is 4.01. The van der Waals surface area contributed by atoms with Gasteiger partial charge in [0.2, 0.25) is 0 Å². The summed E-state index contributed by atoms with van der Waals surface area (Å²) in [7, 11) is 0. The van der Waals surface area contributed by atoms with Gasteiger partial charge in [0.1, 0.15) is 0 Å². The minimum atomic E-state index is -0.146. The van der Waals surface area contributed by atoms with E-state index in [4.69, 9.17) is 5.73 Å². The number of rotatable bonds is 2. The minimum Gasteiger partial charge on any atom is -0.399 e. The molecule has 0 bridgehead atoms. The highest BCUT2D eigenvalue weighted by Crippen LogP contribution is 2.08.